The first-order chi connectivity index (χ1) is 15.7. The molecule has 6 atom stereocenters. The van der Waals surface area contributed by atoms with E-state index in [-0.39, 0.29) is 12.0 Å². The van der Waals surface area contributed by atoms with Crippen molar-refractivity contribution in [2.45, 2.75) is 57.8 Å². The van der Waals surface area contributed by atoms with Crippen molar-refractivity contribution in [3.63, 3.8) is 0 Å². The van der Waals surface area contributed by atoms with Crippen LogP contribution in [0.25, 0.3) is 0 Å². The van der Waals surface area contributed by atoms with E-state index >= 15 is 0 Å². The van der Waals surface area contributed by atoms with Crippen molar-refractivity contribution in [3.05, 3.63) is 0 Å². The van der Waals surface area contributed by atoms with Gasteiger partial charge in [-0.1, -0.05) is 0 Å². The Balaban J connectivity index is 0.963. The van der Waals surface area contributed by atoms with Gasteiger partial charge in [-0.15, -0.1) is 23.7 Å². The molecule has 174 valence electrons. The van der Waals surface area contributed by atoms with Gasteiger partial charge in [-0.25, -0.2) is 4.79 Å². The SMILES string of the molecule is O=C(C[C@@H]1[C@@H]2CCC#CCC[C@@H]21)NCCOCCNC(=O)OC[C@@H]1[C@@H]2CCC#CCC[C@@H]21. The molecule has 0 radical (unpaired) electrons. The number of ether oxygens (including phenoxy) is 2. The van der Waals surface area contributed by atoms with Crippen LogP contribution in [0.15, 0.2) is 0 Å². The van der Waals surface area contributed by atoms with Gasteiger partial charge in [-0.3, -0.25) is 4.79 Å². The molecule has 2 saturated carbocycles. The maximum absolute atomic E-state index is 12.2. The minimum absolute atomic E-state index is 0.117. The Morgan fingerprint density at radius 1 is 0.719 bits per heavy atom. The van der Waals surface area contributed by atoms with Gasteiger partial charge in [0.1, 0.15) is 0 Å². The normalized spacial score (nSPS) is 31.9. The Labute approximate surface area is 191 Å². The highest BCUT2D eigenvalue weighted by Crippen LogP contribution is 2.54. The molecule has 6 nitrogen and oxygen atoms in total. The Morgan fingerprint density at radius 3 is 1.78 bits per heavy atom. The minimum atomic E-state index is -0.375. The highest BCUT2D eigenvalue weighted by atomic mass is 16.5. The van der Waals surface area contributed by atoms with Crippen molar-refractivity contribution in [2.75, 3.05) is 32.9 Å². The summed E-state index contributed by atoms with van der Waals surface area (Å²) in [6.45, 7) is 2.27. The summed E-state index contributed by atoms with van der Waals surface area (Å²) in [6, 6.07) is 0. The summed E-state index contributed by atoms with van der Waals surface area (Å²) >= 11 is 0. The third-order valence-electron chi connectivity index (χ3n) is 7.59. The van der Waals surface area contributed by atoms with Crippen LogP contribution in [0.5, 0.6) is 0 Å². The van der Waals surface area contributed by atoms with Crippen LogP contribution in [0.4, 0.5) is 4.79 Å². The lowest BCUT2D eigenvalue weighted by atomic mass is 10.1. The zero-order valence-electron chi connectivity index (χ0n) is 19.0. The smallest absolute Gasteiger partial charge is 0.407 e. The fraction of sp³-hybridized carbons (Fsp3) is 0.769. The van der Waals surface area contributed by atoms with Crippen LogP contribution in [0.1, 0.15) is 57.8 Å². The zero-order chi connectivity index (χ0) is 22.2. The second-order valence-corrected chi connectivity index (χ2v) is 9.54. The maximum atomic E-state index is 12.2. The van der Waals surface area contributed by atoms with Crippen molar-refractivity contribution in [3.8, 4) is 23.7 Å². The molecule has 4 rings (SSSR count). The molecule has 2 amide bonds. The Bertz CT molecular complexity index is 753. The number of alkyl carbamates (subject to hydrolysis) is 1. The highest BCUT2D eigenvalue weighted by Gasteiger charge is 2.50. The molecule has 0 aromatic rings. The van der Waals surface area contributed by atoms with E-state index in [1.54, 1.807) is 0 Å². The fourth-order valence-corrected chi connectivity index (χ4v) is 5.72. The van der Waals surface area contributed by atoms with E-state index in [4.69, 9.17) is 9.47 Å². The van der Waals surface area contributed by atoms with E-state index < -0.39 is 0 Å². The Kier molecular flexibility index (Phi) is 8.35. The lowest BCUT2D eigenvalue weighted by Crippen LogP contribution is -2.31. The molecule has 0 saturated heterocycles. The maximum Gasteiger partial charge on any atom is 0.407 e. The van der Waals surface area contributed by atoms with Crippen molar-refractivity contribution < 1.29 is 19.1 Å². The molecule has 0 bridgehead atoms. The molecular formula is C26H36N2O4. The predicted octanol–water partition coefficient (Wildman–Crippen LogP) is 3.11. The second kappa shape index (κ2) is 11.6. The molecule has 2 N–H and O–H groups in total. The first-order valence-electron chi connectivity index (χ1n) is 12.4. The molecule has 0 aromatic heterocycles. The number of hydrogen-bond acceptors (Lipinski definition) is 4. The third kappa shape index (κ3) is 6.66. The van der Waals surface area contributed by atoms with Crippen molar-refractivity contribution >= 4 is 12.0 Å². The topological polar surface area (TPSA) is 76.7 Å². The van der Waals surface area contributed by atoms with Crippen molar-refractivity contribution in [1.82, 2.24) is 10.6 Å². The first-order valence-corrected chi connectivity index (χ1v) is 12.4. The second-order valence-electron chi connectivity index (χ2n) is 9.54. The van der Waals surface area contributed by atoms with E-state index in [9.17, 15) is 9.59 Å². The zero-order valence-corrected chi connectivity index (χ0v) is 19.0. The van der Waals surface area contributed by atoms with Gasteiger partial charge in [-0.05, 0) is 61.2 Å². The van der Waals surface area contributed by atoms with Gasteiger partial charge in [0, 0.05) is 45.2 Å². The van der Waals surface area contributed by atoms with Crippen LogP contribution in [0.2, 0.25) is 0 Å². The van der Waals surface area contributed by atoms with Crippen molar-refractivity contribution in [2.24, 2.45) is 35.5 Å². The van der Waals surface area contributed by atoms with Crippen LogP contribution in [-0.2, 0) is 14.3 Å². The number of amides is 2. The third-order valence-corrected chi connectivity index (χ3v) is 7.59. The quantitative estimate of drug-likeness (QED) is 0.404. The number of carbonyl (C=O) groups is 2. The number of carbonyl (C=O) groups excluding carboxylic acids is 2. The number of hydrogen-bond donors (Lipinski definition) is 2. The molecule has 0 aliphatic heterocycles. The van der Waals surface area contributed by atoms with Gasteiger partial charge in [0.25, 0.3) is 0 Å². The molecule has 0 heterocycles. The summed E-state index contributed by atoms with van der Waals surface area (Å²) in [7, 11) is 0. The molecule has 4 aliphatic rings. The molecule has 0 unspecified atom stereocenters. The average Bonchev–Trinajstić information content (AvgIpc) is 3.59. The number of nitrogens with one attached hydrogen (secondary N) is 2. The standard InChI is InChI=1S/C26H36N2O4/c29-25(17-23-19-9-5-1-2-6-10-20(19)23)27-13-15-31-16-14-28-26(30)32-18-24-21-11-7-3-4-8-12-22(21)24/h19-24H,5-18H2,(H,27,29)(H,28,30)/t19-,20+,21-,22+,23-,24-. The lowest BCUT2D eigenvalue weighted by Gasteiger charge is -2.08. The highest BCUT2D eigenvalue weighted by molar-refractivity contribution is 5.76. The monoisotopic (exact) mass is 440 g/mol. The van der Waals surface area contributed by atoms with Crippen LogP contribution in [-0.4, -0.2) is 44.9 Å². The summed E-state index contributed by atoms with van der Waals surface area (Å²) in [5.41, 5.74) is 0. The molecule has 32 heavy (non-hydrogen) atoms. The molecule has 0 spiro atoms. The van der Waals surface area contributed by atoms with E-state index in [1.165, 1.54) is 0 Å². The molecule has 4 aliphatic carbocycles. The van der Waals surface area contributed by atoms with Gasteiger partial charge >= 0.3 is 6.09 Å². The largest absolute Gasteiger partial charge is 0.449 e. The molecule has 2 fully saturated rings. The molecule has 6 heteroatoms. The summed E-state index contributed by atoms with van der Waals surface area (Å²) in [5, 5.41) is 5.69. The van der Waals surface area contributed by atoms with Crippen LogP contribution >= 0.6 is 0 Å². The van der Waals surface area contributed by atoms with Gasteiger partial charge in [0.2, 0.25) is 5.91 Å². The van der Waals surface area contributed by atoms with E-state index in [2.05, 4.69) is 34.3 Å². The van der Waals surface area contributed by atoms with Crippen LogP contribution in [0, 0.1) is 59.2 Å². The predicted molar refractivity (Wildman–Crippen MR) is 121 cm³/mol. The first kappa shape index (κ1) is 23.0. The van der Waals surface area contributed by atoms with Gasteiger partial charge in [-0.2, -0.15) is 0 Å². The lowest BCUT2D eigenvalue weighted by molar-refractivity contribution is -0.121. The van der Waals surface area contributed by atoms with E-state index in [0.29, 0.717) is 74.8 Å². The van der Waals surface area contributed by atoms with E-state index in [0.717, 1.165) is 51.4 Å². The molecular weight excluding hydrogens is 404 g/mol. The Hall–Kier alpha value is -2.18. The summed E-state index contributed by atoms with van der Waals surface area (Å²) in [4.78, 5) is 24.0. The number of rotatable bonds is 10. The minimum Gasteiger partial charge on any atom is -0.449 e. The summed E-state index contributed by atoms with van der Waals surface area (Å²) in [6.07, 6.45) is 8.70. The summed E-state index contributed by atoms with van der Waals surface area (Å²) in [5.74, 6) is 16.7. The Morgan fingerprint density at radius 2 is 1.22 bits per heavy atom. The van der Waals surface area contributed by atoms with Gasteiger partial charge in [0.15, 0.2) is 0 Å². The van der Waals surface area contributed by atoms with Gasteiger partial charge < -0.3 is 20.1 Å². The van der Waals surface area contributed by atoms with E-state index in [1.807, 2.05) is 0 Å². The summed E-state index contributed by atoms with van der Waals surface area (Å²) < 4.78 is 10.9. The van der Waals surface area contributed by atoms with Gasteiger partial charge in [0.05, 0.1) is 19.8 Å². The fourth-order valence-electron chi connectivity index (χ4n) is 5.72. The van der Waals surface area contributed by atoms with Crippen molar-refractivity contribution in [1.29, 1.82) is 0 Å². The van der Waals surface area contributed by atoms with Crippen LogP contribution < -0.4 is 10.6 Å². The average molecular weight is 441 g/mol. The number of fused-ring (bicyclic) bond motifs is 2. The van der Waals surface area contributed by atoms with Crippen LogP contribution in [0.3, 0.4) is 0 Å². The molecule has 0 aromatic carbocycles.